The third-order valence-corrected chi connectivity index (χ3v) is 10.7. The van der Waals surface area contributed by atoms with Gasteiger partial charge in [0.15, 0.2) is 0 Å². The lowest BCUT2D eigenvalue weighted by molar-refractivity contribution is -0.0265. The average molecular weight is 455 g/mol. The summed E-state index contributed by atoms with van der Waals surface area (Å²) in [6, 6.07) is 0. The van der Waals surface area contributed by atoms with E-state index in [-0.39, 0.29) is 17.8 Å². The summed E-state index contributed by atoms with van der Waals surface area (Å²) >= 11 is 0. The third kappa shape index (κ3) is 5.88. The van der Waals surface area contributed by atoms with Crippen LogP contribution in [0.1, 0.15) is 117 Å². The van der Waals surface area contributed by atoms with E-state index in [1.165, 1.54) is 57.8 Å². The van der Waals surface area contributed by atoms with E-state index in [4.69, 9.17) is 0 Å². The molecule has 0 aromatic rings. The minimum atomic E-state index is -1.25. The van der Waals surface area contributed by atoms with Gasteiger partial charge in [-0.25, -0.2) is 13.2 Å². The van der Waals surface area contributed by atoms with Crippen LogP contribution in [0.5, 0.6) is 0 Å². The molecular weight excluding hydrogens is 405 g/mol. The molecule has 0 nitrogen and oxygen atoms in total. The average Bonchev–Trinajstić information content (AvgIpc) is 2.82. The quantitative estimate of drug-likeness (QED) is 0.375. The van der Waals surface area contributed by atoms with Crippen molar-refractivity contribution in [3.8, 4) is 0 Å². The van der Waals surface area contributed by atoms with Crippen LogP contribution in [0.25, 0.3) is 0 Å². The normalized spacial score (nSPS) is 45.5. The molecule has 32 heavy (non-hydrogen) atoms. The Balaban J connectivity index is 1.18. The molecule has 0 bridgehead atoms. The Morgan fingerprint density at radius 2 is 1.38 bits per heavy atom. The molecule has 0 saturated heterocycles. The molecule has 4 aliphatic rings. The molecule has 0 heterocycles. The standard InChI is InChI=1S/C29H49F3/c1-19(25-16-17-26(29(32)28(25)31)23-6-4-3-5-7-23)8-10-21-11-14-22(15-12-21)24-13-9-20(2)27(30)18-24/h19-29H,3-18H2,1-2H3/t19?,20?,21?,22?,24?,25?,26?,27?,28-,29?/m0/s1. The molecular formula is C29H49F3. The summed E-state index contributed by atoms with van der Waals surface area (Å²) in [4.78, 5) is 0. The Kier molecular flexibility index (Phi) is 8.93. The monoisotopic (exact) mass is 454 g/mol. The predicted octanol–water partition coefficient (Wildman–Crippen LogP) is 9.27. The lowest BCUT2D eigenvalue weighted by atomic mass is 9.66. The zero-order valence-electron chi connectivity index (χ0n) is 20.8. The fourth-order valence-electron chi connectivity index (χ4n) is 8.22. The van der Waals surface area contributed by atoms with Gasteiger partial charge < -0.3 is 0 Å². The number of halogens is 3. The van der Waals surface area contributed by atoms with Crippen LogP contribution in [-0.4, -0.2) is 18.5 Å². The highest BCUT2D eigenvalue weighted by Crippen LogP contribution is 2.47. The fraction of sp³-hybridized carbons (Fsp3) is 1.00. The van der Waals surface area contributed by atoms with Gasteiger partial charge in [0, 0.05) is 0 Å². The smallest absolute Gasteiger partial charge is 0.134 e. The van der Waals surface area contributed by atoms with E-state index in [0.29, 0.717) is 17.8 Å². The van der Waals surface area contributed by atoms with Crippen LogP contribution in [0.4, 0.5) is 13.2 Å². The highest BCUT2D eigenvalue weighted by atomic mass is 19.2. The summed E-state index contributed by atoms with van der Waals surface area (Å²) in [5.74, 6) is 2.97. The van der Waals surface area contributed by atoms with Crippen LogP contribution >= 0.6 is 0 Å². The Labute approximate surface area is 195 Å². The van der Waals surface area contributed by atoms with Gasteiger partial charge in [-0.2, -0.15) is 0 Å². The molecule has 0 spiro atoms. The highest BCUT2D eigenvalue weighted by Gasteiger charge is 2.45. The number of rotatable bonds is 6. The zero-order chi connectivity index (χ0) is 22.7. The second-order valence-electron chi connectivity index (χ2n) is 12.6. The van der Waals surface area contributed by atoms with Crippen LogP contribution in [0.15, 0.2) is 0 Å². The molecule has 4 aliphatic carbocycles. The highest BCUT2D eigenvalue weighted by molar-refractivity contribution is 4.93. The molecule has 0 N–H and O–H groups in total. The molecule has 0 amide bonds. The van der Waals surface area contributed by atoms with Crippen molar-refractivity contribution >= 4 is 0 Å². The molecule has 0 aromatic heterocycles. The van der Waals surface area contributed by atoms with Crippen molar-refractivity contribution in [3.05, 3.63) is 0 Å². The molecule has 8 atom stereocenters. The molecule has 186 valence electrons. The molecule has 0 aliphatic heterocycles. The largest absolute Gasteiger partial charge is 0.247 e. The Bertz CT molecular complexity index is 551. The third-order valence-electron chi connectivity index (χ3n) is 10.7. The van der Waals surface area contributed by atoms with Gasteiger partial charge in [-0.15, -0.1) is 0 Å². The summed E-state index contributed by atoms with van der Waals surface area (Å²) in [6.07, 6.45) is 15.0. The molecule has 4 rings (SSSR count). The van der Waals surface area contributed by atoms with Crippen molar-refractivity contribution in [2.45, 2.75) is 135 Å². The van der Waals surface area contributed by atoms with Gasteiger partial charge in [0.25, 0.3) is 0 Å². The first kappa shape index (κ1) is 24.9. The van der Waals surface area contributed by atoms with Gasteiger partial charge in [-0.3, -0.25) is 0 Å². The SMILES string of the molecule is CC1CCC(C2CCC(CCC(C)C3CCC(C4CCCCC4)C(F)[C@H]3F)CC2)CC1F. The fourth-order valence-corrected chi connectivity index (χ4v) is 8.22. The second kappa shape index (κ2) is 11.5. The Morgan fingerprint density at radius 1 is 0.688 bits per heavy atom. The Hall–Kier alpha value is -0.210. The lowest BCUT2D eigenvalue weighted by Crippen LogP contribution is -2.43. The van der Waals surface area contributed by atoms with E-state index in [2.05, 4.69) is 13.8 Å². The summed E-state index contributed by atoms with van der Waals surface area (Å²) < 4.78 is 44.5. The molecule has 3 heteroatoms. The van der Waals surface area contributed by atoms with Crippen molar-refractivity contribution in [1.82, 2.24) is 0 Å². The van der Waals surface area contributed by atoms with E-state index < -0.39 is 18.5 Å². The first-order valence-corrected chi connectivity index (χ1v) is 14.4. The van der Waals surface area contributed by atoms with Crippen LogP contribution in [0.2, 0.25) is 0 Å². The molecule has 0 aromatic carbocycles. The first-order valence-electron chi connectivity index (χ1n) is 14.4. The molecule has 4 fully saturated rings. The van der Waals surface area contributed by atoms with Crippen LogP contribution < -0.4 is 0 Å². The van der Waals surface area contributed by atoms with Crippen LogP contribution in [0.3, 0.4) is 0 Å². The maximum Gasteiger partial charge on any atom is 0.134 e. The van der Waals surface area contributed by atoms with Crippen LogP contribution in [0, 0.1) is 47.3 Å². The van der Waals surface area contributed by atoms with Gasteiger partial charge in [0.2, 0.25) is 0 Å². The summed E-state index contributed by atoms with van der Waals surface area (Å²) in [5, 5.41) is 0. The minimum Gasteiger partial charge on any atom is -0.247 e. The summed E-state index contributed by atoms with van der Waals surface area (Å²) in [7, 11) is 0. The van der Waals surface area contributed by atoms with Gasteiger partial charge in [-0.05, 0) is 92.3 Å². The topological polar surface area (TPSA) is 0 Å². The number of alkyl halides is 3. The molecule has 0 radical (unpaired) electrons. The van der Waals surface area contributed by atoms with E-state index in [0.717, 1.165) is 56.8 Å². The van der Waals surface area contributed by atoms with E-state index in [1.807, 2.05) is 0 Å². The Morgan fingerprint density at radius 3 is 2.06 bits per heavy atom. The van der Waals surface area contributed by atoms with Crippen LogP contribution in [-0.2, 0) is 0 Å². The van der Waals surface area contributed by atoms with E-state index in [9.17, 15) is 4.39 Å². The zero-order valence-corrected chi connectivity index (χ0v) is 20.8. The van der Waals surface area contributed by atoms with Crippen molar-refractivity contribution in [3.63, 3.8) is 0 Å². The summed E-state index contributed by atoms with van der Waals surface area (Å²) in [6.45, 7) is 4.25. The van der Waals surface area contributed by atoms with Crippen molar-refractivity contribution in [2.24, 2.45) is 47.3 Å². The number of hydrogen-bond donors (Lipinski definition) is 0. The molecule has 7 unspecified atom stereocenters. The van der Waals surface area contributed by atoms with E-state index in [1.54, 1.807) is 0 Å². The minimum absolute atomic E-state index is 0.0179. The summed E-state index contributed by atoms with van der Waals surface area (Å²) in [5.41, 5.74) is 0. The molecule has 4 saturated carbocycles. The van der Waals surface area contributed by atoms with Crippen molar-refractivity contribution in [1.29, 1.82) is 0 Å². The van der Waals surface area contributed by atoms with Gasteiger partial charge in [-0.1, -0.05) is 71.6 Å². The van der Waals surface area contributed by atoms with Gasteiger partial charge in [0.1, 0.15) is 18.5 Å². The second-order valence-corrected chi connectivity index (χ2v) is 12.6. The lowest BCUT2D eigenvalue weighted by Gasteiger charge is -2.42. The van der Waals surface area contributed by atoms with Gasteiger partial charge in [0.05, 0.1) is 0 Å². The van der Waals surface area contributed by atoms with Crippen molar-refractivity contribution < 1.29 is 13.2 Å². The van der Waals surface area contributed by atoms with Crippen molar-refractivity contribution in [2.75, 3.05) is 0 Å². The van der Waals surface area contributed by atoms with Gasteiger partial charge >= 0.3 is 0 Å². The number of hydrogen-bond acceptors (Lipinski definition) is 0. The first-order chi connectivity index (χ1) is 15.4. The maximum absolute atomic E-state index is 15.2. The maximum atomic E-state index is 15.2. The van der Waals surface area contributed by atoms with E-state index >= 15 is 8.78 Å². The predicted molar refractivity (Wildman–Crippen MR) is 128 cm³/mol.